The van der Waals surface area contributed by atoms with Gasteiger partial charge in [0.2, 0.25) is 0 Å². The molecule has 0 aromatic heterocycles. The minimum Gasteiger partial charge on any atom is -0.381 e. The molecule has 3 rings (SSSR count). The first kappa shape index (κ1) is 14.0. The maximum absolute atomic E-state index is 3.50. The molecule has 1 heterocycles. The summed E-state index contributed by atoms with van der Waals surface area (Å²) in [5, 5.41) is 6.89. The van der Waals surface area contributed by atoms with E-state index in [-0.39, 0.29) is 0 Å². The summed E-state index contributed by atoms with van der Waals surface area (Å²) in [5.41, 5.74) is 5.18. The largest absolute Gasteiger partial charge is 0.381 e. The van der Waals surface area contributed by atoms with E-state index in [1.807, 2.05) is 0 Å². The summed E-state index contributed by atoms with van der Waals surface area (Å²) in [6, 6.07) is 17.3. The van der Waals surface area contributed by atoms with Gasteiger partial charge in [0.1, 0.15) is 0 Å². The van der Waals surface area contributed by atoms with Crippen molar-refractivity contribution in [2.24, 2.45) is 0 Å². The van der Waals surface area contributed by atoms with Crippen LogP contribution in [0.2, 0.25) is 0 Å². The van der Waals surface area contributed by atoms with Crippen LogP contribution in [-0.2, 0) is 6.54 Å². The van der Waals surface area contributed by atoms with Gasteiger partial charge in [-0.1, -0.05) is 24.3 Å². The lowest BCUT2D eigenvalue weighted by Gasteiger charge is -2.29. The van der Waals surface area contributed by atoms with Gasteiger partial charge < -0.3 is 15.5 Å². The van der Waals surface area contributed by atoms with Crippen LogP contribution in [0.1, 0.15) is 11.1 Å². The second-order valence-electron chi connectivity index (χ2n) is 5.56. The molecule has 0 bridgehead atoms. The Morgan fingerprint density at radius 3 is 2.43 bits per heavy atom. The smallest absolute Gasteiger partial charge is 0.0403 e. The van der Waals surface area contributed by atoms with Crippen LogP contribution in [0.3, 0.4) is 0 Å². The van der Waals surface area contributed by atoms with Crippen LogP contribution in [0.4, 0.5) is 11.4 Å². The van der Waals surface area contributed by atoms with Crippen LogP contribution in [0.15, 0.2) is 48.5 Å². The molecule has 0 saturated carbocycles. The van der Waals surface area contributed by atoms with Gasteiger partial charge in [-0.3, -0.25) is 0 Å². The number of hydrogen-bond donors (Lipinski definition) is 2. The normalized spacial score (nSPS) is 15.0. The van der Waals surface area contributed by atoms with Gasteiger partial charge in [-0.2, -0.15) is 0 Å². The number of nitrogens with one attached hydrogen (secondary N) is 2. The fraction of sp³-hybridized carbons (Fsp3) is 0.333. The Morgan fingerprint density at radius 2 is 1.71 bits per heavy atom. The molecule has 0 radical (unpaired) electrons. The zero-order valence-corrected chi connectivity index (χ0v) is 12.6. The Kier molecular flexibility index (Phi) is 4.41. The van der Waals surface area contributed by atoms with Crippen molar-refractivity contribution in [1.82, 2.24) is 5.32 Å². The quantitative estimate of drug-likeness (QED) is 0.902. The first-order valence-electron chi connectivity index (χ1n) is 7.67. The zero-order chi connectivity index (χ0) is 14.5. The van der Waals surface area contributed by atoms with Crippen molar-refractivity contribution in [3.8, 4) is 0 Å². The molecule has 0 amide bonds. The second-order valence-corrected chi connectivity index (χ2v) is 5.56. The SMILES string of the molecule is Cc1ccccc1CNc1ccc(N2CCNCC2)cc1. The van der Waals surface area contributed by atoms with Crippen molar-refractivity contribution in [3.05, 3.63) is 59.7 Å². The van der Waals surface area contributed by atoms with Gasteiger partial charge in [0, 0.05) is 44.1 Å². The van der Waals surface area contributed by atoms with Crippen LogP contribution in [0.5, 0.6) is 0 Å². The third-order valence-electron chi connectivity index (χ3n) is 4.09. The standard InChI is InChI=1S/C18H23N3/c1-15-4-2-3-5-16(15)14-20-17-6-8-18(9-7-17)21-12-10-19-11-13-21/h2-9,19-20H,10-14H2,1H3. The van der Waals surface area contributed by atoms with Crippen LogP contribution < -0.4 is 15.5 Å². The first-order valence-corrected chi connectivity index (χ1v) is 7.67. The number of piperazine rings is 1. The number of benzene rings is 2. The lowest BCUT2D eigenvalue weighted by molar-refractivity contribution is 0.589. The highest BCUT2D eigenvalue weighted by Gasteiger charge is 2.09. The predicted octanol–water partition coefficient (Wildman–Crippen LogP) is 3.02. The Labute approximate surface area is 127 Å². The molecule has 21 heavy (non-hydrogen) atoms. The minimum absolute atomic E-state index is 0.875. The predicted molar refractivity (Wildman–Crippen MR) is 90.0 cm³/mol. The number of hydrogen-bond acceptors (Lipinski definition) is 3. The summed E-state index contributed by atoms with van der Waals surface area (Å²) >= 11 is 0. The van der Waals surface area contributed by atoms with Crippen molar-refractivity contribution < 1.29 is 0 Å². The Bertz CT molecular complexity index is 571. The van der Waals surface area contributed by atoms with E-state index in [9.17, 15) is 0 Å². The average Bonchev–Trinajstić information content (AvgIpc) is 2.55. The van der Waals surface area contributed by atoms with Crippen molar-refractivity contribution in [3.63, 3.8) is 0 Å². The highest BCUT2D eigenvalue weighted by Crippen LogP contribution is 2.19. The maximum atomic E-state index is 3.50. The third-order valence-corrected chi connectivity index (χ3v) is 4.09. The second kappa shape index (κ2) is 6.64. The van der Waals surface area contributed by atoms with E-state index < -0.39 is 0 Å². The van der Waals surface area contributed by atoms with Gasteiger partial charge >= 0.3 is 0 Å². The van der Waals surface area contributed by atoms with Gasteiger partial charge in [0.15, 0.2) is 0 Å². The molecule has 3 heteroatoms. The molecular weight excluding hydrogens is 258 g/mol. The molecule has 0 aliphatic carbocycles. The fourth-order valence-corrected chi connectivity index (χ4v) is 2.72. The third kappa shape index (κ3) is 3.56. The zero-order valence-electron chi connectivity index (χ0n) is 12.6. The van der Waals surface area contributed by atoms with Crippen LogP contribution in [-0.4, -0.2) is 26.2 Å². The van der Waals surface area contributed by atoms with Gasteiger partial charge in [-0.15, -0.1) is 0 Å². The molecule has 110 valence electrons. The number of rotatable bonds is 4. The van der Waals surface area contributed by atoms with Gasteiger partial charge in [-0.25, -0.2) is 0 Å². The molecule has 1 aliphatic heterocycles. The average molecular weight is 281 g/mol. The van der Waals surface area contributed by atoms with Crippen molar-refractivity contribution in [2.75, 3.05) is 36.4 Å². The molecule has 1 fully saturated rings. The molecule has 2 N–H and O–H groups in total. The summed E-state index contributed by atoms with van der Waals surface area (Å²) in [5.74, 6) is 0. The molecular formula is C18H23N3. The van der Waals surface area contributed by atoms with E-state index in [0.29, 0.717) is 0 Å². The van der Waals surface area contributed by atoms with Crippen LogP contribution >= 0.6 is 0 Å². The maximum Gasteiger partial charge on any atom is 0.0403 e. The topological polar surface area (TPSA) is 27.3 Å². The molecule has 0 spiro atoms. The number of nitrogens with zero attached hydrogens (tertiary/aromatic N) is 1. The molecule has 1 saturated heterocycles. The Morgan fingerprint density at radius 1 is 1.00 bits per heavy atom. The first-order chi connectivity index (χ1) is 10.3. The minimum atomic E-state index is 0.875. The van der Waals surface area contributed by atoms with Gasteiger partial charge in [0.05, 0.1) is 0 Å². The summed E-state index contributed by atoms with van der Waals surface area (Å²) < 4.78 is 0. The van der Waals surface area contributed by atoms with E-state index in [0.717, 1.165) is 32.7 Å². The van der Waals surface area contributed by atoms with Crippen molar-refractivity contribution in [2.45, 2.75) is 13.5 Å². The Hall–Kier alpha value is -2.00. The van der Waals surface area contributed by atoms with E-state index in [4.69, 9.17) is 0 Å². The van der Waals surface area contributed by atoms with E-state index in [2.05, 4.69) is 71.0 Å². The molecule has 2 aromatic rings. The Balaban J connectivity index is 1.60. The lowest BCUT2D eigenvalue weighted by Crippen LogP contribution is -2.43. The van der Waals surface area contributed by atoms with Gasteiger partial charge in [-0.05, 0) is 42.3 Å². The molecule has 0 atom stereocenters. The summed E-state index contributed by atoms with van der Waals surface area (Å²) in [6.45, 7) is 7.37. The molecule has 2 aromatic carbocycles. The highest BCUT2D eigenvalue weighted by atomic mass is 15.2. The number of aryl methyl sites for hydroxylation is 1. The van der Waals surface area contributed by atoms with Gasteiger partial charge in [0.25, 0.3) is 0 Å². The van der Waals surface area contributed by atoms with Crippen molar-refractivity contribution in [1.29, 1.82) is 0 Å². The van der Waals surface area contributed by atoms with E-state index in [1.165, 1.54) is 22.5 Å². The number of anilines is 2. The molecule has 1 aliphatic rings. The van der Waals surface area contributed by atoms with E-state index in [1.54, 1.807) is 0 Å². The monoisotopic (exact) mass is 281 g/mol. The summed E-state index contributed by atoms with van der Waals surface area (Å²) in [6.07, 6.45) is 0. The lowest BCUT2D eigenvalue weighted by atomic mass is 10.1. The van der Waals surface area contributed by atoms with Crippen molar-refractivity contribution >= 4 is 11.4 Å². The fourth-order valence-electron chi connectivity index (χ4n) is 2.72. The highest BCUT2D eigenvalue weighted by molar-refractivity contribution is 5.55. The van der Waals surface area contributed by atoms with Crippen LogP contribution in [0, 0.1) is 6.92 Å². The molecule has 3 nitrogen and oxygen atoms in total. The van der Waals surface area contributed by atoms with E-state index >= 15 is 0 Å². The van der Waals surface area contributed by atoms with Crippen LogP contribution in [0.25, 0.3) is 0 Å². The molecule has 0 unspecified atom stereocenters. The summed E-state index contributed by atoms with van der Waals surface area (Å²) in [4.78, 5) is 2.43. The summed E-state index contributed by atoms with van der Waals surface area (Å²) in [7, 11) is 0.